The Morgan fingerprint density at radius 3 is 2.78 bits per heavy atom. The number of rotatable bonds is 3. The number of hydrogen-bond acceptors (Lipinski definition) is 2. The van der Waals surface area contributed by atoms with Crippen molar-refractivity contribution in [2.24, 2.45) is 5.92 Å². The van der Waals surface area contributed by atoms with Gasteiger partial charge in [0.25, 0.3) is 0 Å². The molecule has 0 radical (unpaired) electrons. The van der Waals surface area contributed by atoms with Gasteiger partial charge in [0.15, 0.2) is 0 Å². The minimum Gasteiger partial charge on any atom is -0.383 e. The van der Waals surface area contributed by atoms with Crippen LogP contribution in [0.1, 0.15) is 13.8 Å². The Hall–Kier alpha value is -1.55. The number of anilines is 1. The molecule has 0 bridgehead atoms. The zero-order chi connectivity index (χ0) is 13.3. The lowest BCUT2D eigenvalue weighted by molar-refractivity contribution is 0.527. The molecule has 2 rings (SSSR count). The minimum absolute atomic E-state index is 0.358. The molecule has 0 unspecified atom stereocenters. The molecule has 0 spiro atoms. The summed E-state index contributed by atoms with van der Waals surface area (Å²) in [7, 11) is 0. The molecule has 0 fully saturated rings. The summed E-state index contributed by atoms with van der Waals surface area (Å²) >= 11 is 5.72. The second-order valence-corrected chi connectivity index (χ2v) is 5.09. The maximum absolute atomic E-state index is 13.8. The molecule has 1 aromatic carbocycles. The summed E-state index contributed by atoms with van der Waals surface area (Å²) in [4.78, 5) is 4.18. The van der Waals surface area contributed by atoms with Crippen molar-refractivity contribution in [3.63, 3.8) is 0 Å². The first-order valence-corrected chi connectivity index (χ1v) is 6.13. The lowest BCUT2D eigenvalue weighted by Crippen LogP contribution is -2.07. The number of benzene rings is 1. The molecule has 0 saturated heterocycles. The predicted molar refractivity (Wildman–Crippen MR) is 71.9 cm³/mol. The van der Waals surface area contributed by atoms with E-state index < -0.39 is 5.82 Å². The Morgan fingerprint density at radius 1 is 1.44 bits per heavy atom. The average Bonchev–Trinajstić information content (AvgIpc) is 2.60. The van der Waals surface area contributed by atoms with Crippen LogP contribution in [0.4, 0.5) is 10.2 Å². The van der Waals surface area contributed by atoms with Crippen LogP contribution < -0.4 is 5.73 Å². The van der Waals surface area contributed by atoms with Gasteiger partial charge in [-0.3, -0.25) is 0 Å². The molecule has 96 valence electrons. The van der Waals surface area contributed by atoms with Gasteiger partial charge in [-0.1, -0.05) is 25.4 Å². The van der Waals surface area contributed by atoms with Gasteiger partial charge in [0.1, 0.15) is 17.3 Å². The highest BCUT2D eigenvalue weighted by Gasteiger charge is 2.14. The van der Waals surface area contributed by atoms with Crippen molar-refractivity contribution in [2.75, 3.05) is 5.73 Å². The normalized spacial score (nSPS) is 11.2. The quantitative estimate of drug-likeness (QED) is 0.924. The lowest BCUT2D eigenvalue weighted by atomic mass is 10.1. The minimum atomic E-state index is -0.413. The van der Waals surface area contributed by atoms with Crippen molar-refractivity contribution in [1.29, 1.82) is 0 Å². The molecular formula is C13H15ClFN3. The molecule has 0 saturated carbocycles. The third-order valence-electron chi connectivity index (χ3n) is 2.63. The zero-order valence-electron chi connectivity index (χ0n) is 10.3. The van der Waals surface area contributed by atoms with Crippen LogP contribution in [0, 0.1) is 11.7 Å². The Labute approximate surface area is 110 Å². The number of nitrogens with two attached hydrogens (primary N) is 1. The maximum Gasteiger partial charge on any atom is 0.134 e. The van der Waals surface area contributed by atoms with Gasteiger partial charge >= 0.3 is 0 Å². The Bertz CT molecular complexity index is 563. The molecule has 0 amide bonds. The number of hydrogen-bond donors (Lipinski definition) is 1. The fourth-order valence-corrected chi connectivity index (χ4v) is 1.98. The molecule has 0 aliphatic heterocycles. The number of nitrogen functional groups attached to an aromatic ring is 1. The van der Waals surface area contributed by atoms with E-state index in [1.54, 1.807) is 18.5 Å². The van der Waals surface area contributed by atoms with Gasteiger partial charge in [0.2, 0.25) is 0 Å². The topological polar surface area (TPSA) is 43.8 Å². The third kappa shape index (κ3) is 2.48. The first-order chi connectivity index (χ1) is 8.49. The largest absolute Gasteiger partial charge is 0.383 e. The average molecular weight is 268 g/mol. The van der Waals surface area contributed by atoms with E-state index >= 15 is 0 Å². The van der Waals surface area contributed by atoms with Crippen molar-refractivity contribution < 1.29 is 4.39 Å². The molecule has 2 N–H and O–H groups in total. The van der Waals surface area contributed by atoms with Crippen LogP contribution in [-0.2, 0) is 6.54 Å². The highest BCUT2D eigenvalue weighted by Crippen LogP contribution is 2.28. The second-order valence-electron chi connectivity index (χ2n) is 4.65. The molecule has 3 nitrogen and oxygen atoms in total. The van der Waals surface area contributed by atoms with Crippen LogP contribution in [0.2, 0.25) is 5.02 Å². The number of nitrogens with zero attached hydrogens (tertiary/aromatic N) is 2. The Morgan fingerprint density at radius 2 is 2.17 bits per heavy atom. The Kier molecular flexibility index (Phi) is 3.57. The summed E-state index contributed by atoms with van der Waals surface area (Å²) in [6.45, 7) is 4.93. The molecule has 5 heteroatoms. The van der Waals surface area contributed by atoms with E-state index in [4.69, 9.17) is 17.3 Å². The van der Waals surface area contributed by atoms with E-state index in [-0.39, 0.29) is 0 Å². The lowest BCUT2D eigenvalue weighted by Gasteiger charge is -2.08. The molecule has 2 aromatic rings. The van der Waals surface area contributed by atoms with Crippen molar-refractivity contribution in [1.82, 2.24) is 9.55 Å². The number of imidazole rings is 1. The van der Waals surface area contributed by atoms with Crippen LogP contribution in [0.5, 0.6) is 0 Å². The van der Waals surface area contributed by atoms with Crippen molar-refractivity contribution in [2.45, 2.75) is 20.4 Å². The summed E-state index contributed by atoms with van der Waals surface area (Å²) in [5.74, 6) is 0.512. The summed E-state index contributed by atoms with van der Waals surface area (Å²) < 4.78 is 15.6. The summed E-state index contributed by atoms with van der Waals surface area (Å²) in [5.41, 5.74) is 6.83. The smallest absolute Gasteiger partial charge is 0.134 e. The molecule has 1 heterocycles. The van der Waals surface area contributed by atoms with E-state index in [9.17, 15) is 4.39 Å². The maximum atomic E-state index is 13.8. The number of halogens is 2. The van der Waals surface area contributed by atoms with Gasteiger partial charge in [0.05, 0.1) is 6.33 Å². The number of aromatic nitrogens is 2. The van der Waals surface area contributed by atoms with E-state index in [0.717, 1.165) is 6.54 Å². The zero-order valence-corrected chi connectivity index (χ0v) is 11.1. The summed E-state index contributed by atoms with van der Waals surface area (Å²) in [5, 5.41) is 0.358. The first kappa shape index (κ1) is 12.9. The standard InChI is InChI=1S/C13H15ClFN3/c1-8(2)6-18-7-17-12(13(18)16)10-4-3-9(14)5-11(10)15/h3-5,7-8H,6,16H2,1-2H3. The second kappa shape index (κ2) is 4.98. The molecule has 1 aromatic heterocycles. The van der Waals surface area contributed by atoms with Crippen LogP contribution in [0.3, 0.4) is 0 Å². The summed E-state index contributed by atoms with van der Waals surface area (Å²) in [6.07, 6.45) is 1.64. The van der Waals surface area contributed by atoms with Gasteiger partial charge in [-0.05, 0) is 24.1 Å². The third-order valence-corrected chi connectivity index (χ3v) is 2.86. The van der Waals surface area contributed by atoms with Gasteiger partial charge in [-0.15, -0.1) is 0 Å². The highest BCUT2D eigenvalue weighted by molar-refractivity contribution is 6.30. The molecular weight excluding hydrogens is 253 g/mol. The van der Waals surface area contributed by atoms with Crippen molar-refractivity contribution >= 4 is 17.4 Å². The monoisotopic (exact) mass is 267 g/mol. The Balaban J connectivity index is 2.42. The molecule has 0 aliphatic rings. The molecule has 0 aliphatic carbocycles. The van der Waals surface area contributed by atoms with Gasteiger partial charge in [-0.2, -0.15) is 0 Å². The van der Waals surface area contributed by atoms with Gasteiger partial charge in [-0.25, -0.2) is 9.37 Å². The van der Waals surface area contributed by atoms with Crippen LogP contribution >= 0.6 is 11.6 Å². The van der Waals surface area contributed by atoms with Crippen molar-refractivity contribution in [3.05, 3.63) is 35.4 Å². The SMILES string of the molecule is CC(C)Cn1cnc(-c2ccc(Cl)cc2F)c1N. The van der Waals surface area contributed by atoms with E-state index in [0.29, 0.717) is 28.0 Å². The van der Waals surface area contributed by atoms with Gasteiger partial charge in [0, 0.05) is 17.1 Å². The fourth-order valence-electron chi connectivity index (χ4n) is 1.82. The fraction of sp³-hybridized carbons (Fsp3) is 0.308. The van der Waals surface area contributed by atoms with E-state index in [1.165, 1.54) is 6.07 Å². The predicted octanol–water partition coefficient (Wildman–Crippen LogP) is 3.58. The van der Waals surface area contributed by atoms with E-state index in [2.05, 4.69) is 18.8 Å². The van der Waals surface area contributed by atoms with Crippen molar-refractivity contribution in [3.8, 4) is 11.3 Å². The summed E-state index contributed by atoms with van der Waals surface area (Å²) in [6, 6.07) is 4.48. The van der Waals surface area contributed by atoms with Crippen LogP contribution in [0.25, 0.3) is 11.3 Å². The first-order valence-electron chi connectivity index (χ1n) is 5.75. The van der Waals surface area contributed by atoms with Crippen LogP contribution in [0.15, 0.2) is 24.5 Å². The molecule has 0 atom stereocenters. The van der Waals surface area contributed by atoms with Gasteiger partial charge < -0.3 is 10.3 Å². The van der Waals surface area contributed by atoms with E-state index in [1.807, 2.05) is 4.57 Å². The van der Waals surface area contributed by atoms with Crippen LogP contribution in [-0.4, -0.2) is 9.55 Å². The highest BCUT2D eigenvalue weighted by atomic mass is 35.5. The molecule has 18 heavy (non-hydrogen) atoms.